The number of benzene rings is 3. The average molecular weight is 437 g/mol. The van der Waals surface area contributed by atoms with Crippen LogP contribution < -0.4 is 10.6 Å². The Balaban J connectivity index is 1.41. The number of hydrogen-bond acceptors (Lipinski definition) is 3. The Kier molecular flexibility index (Phi) is 8.67. The van der Waals surface area contributed by atoms with E-state index in [-0.39, 0.29) is 35.1 Å². The van der Waals surface area contributed by atoms with Gasteiger partial charge in [0.2, 0.25) is 11.8 Å². The van der Waals surface area contributed by atoms with E-state index in [4.69, 9.17) is 0 Å². The van der Waals surface area contributed by atoms with E-state index in [1.54, 1.807) is 0 Å². The summed E-state index contributed by atoms with van der Waals surface area (Å²) in [5.74, 6) is -0.112. The third-order valence-corrected chi connectivity index (χ3v) is 5.69. The molecule has 6 heteroatoms. The minimum atomic E-state index is -0.356. The van der Waals surface area contributed by atoms with Gasteiger partial charge < -0.3 is 10.6 Å². The third-order valence-electron chi connectivity index (χ3n) is 4.75. The Morgan fingerprint density at radius 1 is 0.774 bits per heavy atom. The Labute approximate surface area is 186 Å². The fraction of sp³-hybridized carbons (Fsp3) is 0.200. The summed E-state index contributed by atoms with van der Waals surface area (Å²) < 4.78 is 12.9. The molecular weight excluding hydrogens is 411 g/mol. The molecule has 0 bridgehead atoms. The van der Waals surface area contributed by atoms with Crippen molar-refractivity contribution >= 4 is 29.3 Å². The lowest BCUT2D eigenvalue weighted by molar-refractivity contribution is -0.118. The highest BCUT2D eigenvalue weighted by atomic mass is 32.2. The summed E-state index contributed by atoms with van der Waals surface area (Å²) in [6.45, 7) is 0.551. The Morgan fingerprint density at radius 3 is 1.90 bits per heavy atom. The van der Waals surface area contributed by atoms with Crippen LogP contribution in [0.25, 0.3) is 0 Å². The van der Waals surface area contributed by atoms with Crippen LogP contribution in [0.4, 0.5) is 10.1 Å². The minimum Gasteiger partial charge on any atom is -0.355 e. The van der Waals surface area contributed by atoms with Crippen LogP contribution in [0.1, 0.15) is 23.5 Å². The summed E-state index contributed by atoms with van der Waals surface area (Å²) in [5.41, 5.74) is 2.97. The van der Waals surface area contributed by atoms with Crippen molar-refractivity contribution in [2.75, 3.05) is 23.4 Å². The lowest BCUT2D eigenvalue weighted by Crippen LogP contribution is -2.28. The molecule has 0 saturated heterocycles. The molecule has 3 aromatic carbocycles. The predicted molar refractivity (Wildman–Crippen MR) is 125 cm³/mol. The van der Waals surface area contributed by atoms with Gasteiger partial charge in [-0.05, 0) is 41.8 Å². The summed E-state index contributed by atoms with van der Waals surface area (Å²) in [6, 6.07) is 26.1. The van der Waals surface area contributed by atoms with Crippen molar-refractivity contribution in [3.8, 4) is 0 Å². The zero-order valence-corrected chi connectivity index (χ0v) is 17.9. The summed E-state index contributed by atoms with van der Waals surface area (Å²) >= 11 is 1.25. The van der Waals surface area contributed by atoms with Crippen molar-refractivity contribution in [2.24, 2.45) is 0 Å². The molecule has 0 aromatic heterocycles. The van der Waals surface area contributed by atoms with Crippen molar-refractivity contribution in [1.82, 2.24) is 5.32 Å². The SMILES string of the molecule is O=C(CSCC(=O)Nc1ccc(F)cc1)NCCC(c1ccccc1)c1ccccc1. The first-order valence-corrected chi connectivity index (χ1v) is 11.3. The van der Waals surface area contributed by atoms with Crippen molar-refractivity contribution in [2.45, 2.75) is 12.3 Å². The standard InChI is InChI=1S/C25H25FN2O2S/c26-21-11-13-22(14-12-21)28-25(30)18-31-17-24(29)27-16-15-23(19-7-3-1-4-8-19)20-9-5-2-6-10-20/h1-14,23H,15-18H2,(H,27,29)(H,28,30). The second kappa shape index (κ2) is 11.9. The van der Waals surface area contributed by atoms with Crippen molar-refractivity contribution in [1.29, 1.82) is 0 Å². The van der Waals surface area contributed by atoms with Gasteiger partial charge >= 0.3 is 0 Å². The monoisotopic (exact) mass is 436 g/mol. The molecule has 0 spiro atoms. The van der Waals surface area contributed by atoms with Crippen LogP contribution in [-0.2, 0) is 9.59 Å². The number of nitrogens with one attached hydrogen (secondary N) is 2. The number of halogens is 1. The Morgan fingerprint density at radius 2 is 1.32 bits per heavy atom. The molecule has 2 N–H and O–H groups in total. The Bertz CT molecular complexity index is 926. The first-order chi connectivity index (χ1) is 15.1. The number of thioether (sulfide) groups is 1. The Hall–Kier alpha value is -3.12. The number of anilines is 1. The second-order valence-corrected chi connectivity index (χ2v) is 8.05. The largest absolute Gasteiger partial charge is 0.355 e. The van der Waals surface area contributed by atoms with E-state index in [0.29, 0.717) is 12.2 Å². The van der Waals surface area contributed by atoms with Gasteiger partial charge in [-0.2, -0.15) is 0 Å². The molecule has 0 unspecified atom stereocenters. The van der Waals surface area contributed by atoms with E-state index in [0.717, 1.165) is 6.42 Å². The maximum absolute atomic E-state index is 12.9. The van der Waals surface area contributed by atoms with Crippen molar-refractivity contribution in [3.05, 3.63) is 102 Å². The first-order valence-electron chi connectivity index (χ1n) is 10.1. The molecule has 0 aliphatic carbocycles. The van der Waals surface area contributed by atoms with Gasteiger partial charge in [-0.15, -0.1) is 11.8 Å². The van der Waals surface area contributed by atoms with Crippen molar-refractivity contribution < 1.29 is 14.0 Å². The maximum Gasteiger partial charge on any atom is 0.234 e. The number of amides is 2. The van der Waals surface area contributed by atoms with E-state index in [1.807, 2.05) is 36.4 Å². The van der Waals surface area contributed by atoms with Crippen LogP contribution in [-0.4, -0.2) is 29.9 Å². The minimum absolute atomic E-state index is 0.0977. The fourth-order valence-corrected chi connectivity index (χ4v) is 3.92. The molecule has 0 radical (unpaired) electrons. The molecule has 0 aliphatic rings. The lowest BCUT2D eigenvalue weighted by atomic mass is 9.88. The van der Waals surface area contributed by atoms with Crippen LogP contribution in [0, 0.1) is 5.82 Å². The van der Waals surface area contributed by atoms with Gasteiger partial charge in [-0.3, -0.25) is 9.59 Å². The summed E-state index contributed by atoms with van der Waals surface area (Å²) in [7, 11) is 0. The molecular formula is C25H25FN2O2S. The zero-order chi connectivity index (χ0) is 21.9. The second-order valence-electron chi connectivity index (χ2n) is 7.06. The maximum atomic E-state index is 12.9. The summed E-state index contributed by atoms with van der Waals surface area (Å²) in [5, 5.41) is 5.63. The van der Waals surface area contributed by atoms with Gasteiger partial charge in [-0.1, -0.05) is 60.7 Å². The van der Waals surface area contributed by atoms with Crippen LogP contribution in [0.15, 0.2) is 84.9 Å². The highest BCUT2D eigenvalue weighted by Gasteiger charge is 2.14. The quantitative estimate of drug-likeness (QED) is 0.478. The van der Waals surface area contributed by atoms with Crippen molar-refractivity contribution in [3.63, 3.8) is 0 Å². The number of carbonyl (C=O) groups is 2. The molecule has 0 heterocycles. The van der Waals surface area contributed by atoms with E-state index in [1.165, 1.54) is 47.2 Å². The molecule has 0 atom stereocenters. The van der Waals surface area contributed by atoms with Gasteiger partial charge in [0.25, 0.3) is 0 Å². The zero-order valence-electron chi connectivity index (χ0n) is 17.1. The topological polar surface area (TPSA) is 58.2 Å². The van der Waals surface area contributed by atoms with Crippen LogP contribution >= 0.6 is 11.8 Å². The molecule has 160 valence electrons. The first kappa shape index (κ1) is 22.6. The summed E-state index contributed by atoms with van der Waals surface area (Å²) in [6.07, 6.45) is 0.787. The lowest BCUT2D eigenvalue weighted by Gasteiger charge is -2.18. The van der Waals surface area contributed by atoms with Crippen LogP contribution in [0.5, 0.6) is 0 Å². The molecule has 0 saturated carbocycles. The smallest absolute Gasteiger partial charge is 0.234 e. The third kappa shape index (κ3) is 7.57. The summed E-state index contributed by atoms with van der Waals surface area (Å²) in [4.78, 5) is 24.1. The van der Waals surface area contributed by atoms with Gasteiger partial charge in [0.05, 0.1) is 11.5 Å². The van der Waals surface area contributed by atoms with Gasteiger partial charge in [-0.25, -0.2) is 4.39 Å². The fourth-order valence-electron chi connectivity index (χ4n) is 3.27. The number of hydrogen-bond donors (Lipinski definition) is 2. The normalized spacial score (nSPS) is 10.6. The van der Waals surface area contributed by atoms with E-state index < -0.39 is 0 Å². The number of carbonyl (C=O) groups excluding carboxylic acids is 2. The van der Waals surface area contributed by atoms with E-state index >= 15 is 0 Å². The van der Waals surface area contributed by atoms with Gasteiger partial charge in [0.15, 0.2) is 0 Å². The van der Waals surface area contributed by atoms with Gasteiger partial charge in [0, 0.05) is 18.2 Å². The highest BCUT2D eigenvalue weighted by Crippen LogP contribution is 2.27. The molecule has 31 heavy (non-hydrogen) atoms. The van der Waals surface area contributed by atoms with Crippen LogP contribution in [0.2, 0.25) is 0 Å². The predicted octanol–water partition coefficient (Wildman–Crippen LogP) is 4.84. The van der Waals surface area contributed by atoms with E-state index in [9.17, 15) is 14.0 Å². The molecule has 0 aliphatic heterocycles. The average Bonchev–Trinajstić information content (AvgIpc) is 2.79. The van der Waals surface area contributed by atoms with Gasteiger partial charge in [0.1, 0.15) is 5.82 Å². The molecule has 3 aromatic rings. The van der Waals surface area contributed by atoms with E-state index in [2.05, 4.69) is 34.9 Å². The van der Waals surface area contributed by atoms with Crippen LogP contribution in [0.3, 0.4) is 0 Å². The molecule has 0 fully saturated rings. The molecule has 2 amide bonds. The number of rotatable bonds is 10. The molecule has 4 nitrogen and oxygen atoms in total. The molecule has 3 rings (SSSR count). The highest BCUT2D eigenvalue weighted by molar-refractivity contribution is 8.00.